The molecule has 0 atom stereocenters. The Labute approximate surface area is 113 Å². The maximum atomic E-state index is 11.7. The van der Waals surface area contributed by atoms with Crippen molar-refractivity contribution in [3.63, 3.8) is 0 Å². The molecule has 0 spiro atoms. The highest BCUT2D eigenvalue weighted by atomic mass is 16.5. The number of ether oxygens (including phenoxy) is 1. The van der Waals surface area contributed by atoms with E-state index < -0.39 is 11.3 Å². The average molecular weight is 264 g/mol. The summed E-state index contributed by atoms with van der Waals surface area (Å²) in [7, 11) is 1.59. The summed E-state index contributed by atoms with van der Waals surface area (Å²) in [4.78, 5) is 22.9. The van der Waals surface area contributed by atoms with Gasteiger partial charge in [0.2, 0.25) is 11.8 Å². The minimum atomic E-state index is -0.741. The quantitative estimate of drug-likeness (QED) is 0.799. The van der Waals surface area contributed by atoms with Gasteiger partial charge in [-0.15, -0.1) is 0 Å². The van der Waals surface area contributed by atoms with E-state index in [4.69, 9.17) is 10.5 Å². The molecule has 1 rings (SSSR count). The second-order valence-corrected chi connectivity index (χ2v) is 5.05. The first kappa shape index (κ1) is 15.0. The van der Waals surface area contributed by atoms with Crippen LogP contribution in [0.3, 0.4) is 0 Å². The lowest BCUT2D eigenvalue weighted by molar-refractivity contribution is -0.126. The summed E-state index contributed by atoms with van der Waals surface area (Å²) >= 11 is 0. The number of rotatable bonds is 6. The van der Waals surface area contributed by atoms with Gasteiger partial charge in [-0.3, -0.25) is 9.59 Å². The maximum absolute atomic E-state index is 11.7. The fourth-order valence-corrected chi connectivity index (χ4v) is 1.40. The summed E-state index contributed by atoms with van der Waals surface area (Å²) in [5, 5.41) is 2.71. The van der Waals surface area contributed by atoms with Crippen LogP contribution in [-0.4, -0.2) is 25.5 Å². The molecule has 0 radical (unpaired) electrons. The van der Waals surface area contributed by atoms with Crippen LogP contribution in [-0.2, 0) is 16.0 Å². The van der Waals surface area contributed by atoms with E-state index in [0.29, 0.717) is 0 Å². The fraction of sp³-hybridized carbons (Fsp3) is 0.429. The van der Waals surface area contributed by atoms with Gasteiger partial charge < -0.3 is 15.8 Å². The molecule has 5 heteroatoms. The number of carbonyl (C=O) groups excluding carboxylic acids is 2. The number of primary amides is 1. The average Bonchev–Trinajstić information content (AvgIpc) is 2.37. The molecule has 2 amide bonds. The Balaban J connectivity index is 2.49. The highest BCUT2D eigenvalue weighted by Gasteiger charge is 2.25. The number of nitrogens with one attached hydrogen (secondary N) is 1. The zero-order valence-electron chi connectivity index (χ0n) is 11.5. The van der Waals surface area contributed by atoms with Crippen LogP contribution in [0.25, 0.3) is 0 Å². The van der Waals surface area contributed by atoms with Gasteiger partial charge in [0.25, 0.3) is 0 Å². The molecular formula is C14H20N2O3. The molecule has 0 bridgehead atoms. The van der Waals surface area contributed by atoms with Gasteiger partial charge in [0.1, 0.15) is 5.75 Å². The Morgan fingerprint density at radius 3 is 2.32 bits per heavy atom. The van der Waals surface area contributed by atoms with Crippen molar-refractivity contribution < 1.29 is 14.3 Å². The van der Waals surface area contributed by atoms with Crippen molar-refractivity contribution in [1.29, 1.82) is 0 Å². The van der Waals surface area contributed by atoms with Crippen molar-refractivity contribution in [3.8, 4) is 5.75 Å². The number of hydrogen-bond acceptors (Lipinski definition) is 3. The number of carbonyl (C=O) groups is 2. The van der Waals surface area contributed by atoms with Crippen molar-refractivity contribution in [2.24, 2.45) is 11.1 Å². The minimum Gasteiger partial charge on any atom is -0.497 e. The molecule has 0 aliphatic carbocycles. The van der Waals surface area contributed by atoms with Gasteiger partial charge in [-0.2, -0.15) is 0 Å². The Bertz CT molecular complexity index is 452. The summed E-state index contributed by atoms with van der Waals surface area (Å²) < 4.78 is 5.04. The first-order valence-electron chi connectivity index (χ1n) is 6.04. The molecule has 5 nitrogen and oxygen atoms in total. The standard InChI is InChI=1S/C14H20N2O3/c1-14(2,13(15)18)9-16-12(17)8-10-4-6-11(19-3)7-5-10/h4-7H,8-9H2,1-3H3,(H2,15,18)(H,16,17). The van der Waals surface area contributed by atoms with Crippen LogP contribution in [0, 0.1) is 5.41 Å². The molecule has 104 valence electrons. The SMILES string of the molecule is COc1ccc(CC(=O)NCC(C)(C)C(N)=O)cc1. The highest BCUT2D eigenvalue weighted by Crippen LogP contribution is 2.13. The van der Waals surface area contributed by atoms with E-state index in [9.17, 15) is 9.59 Å². The Kier molecular flexibility index (Phi) is 4.92. The van der Waals surface area contributed by atoms with Crippen molar-refractivity contribution in [2.75, 3.05) is 13.7 Å². The van der Waals surface area contributed by atoms with Crippen LogP contribution in [0.2, 0.25) is 0 Å². The zero-order chi connectivity index (χ0) is 14.5. The van der Waals surface area contributed by atoms with Gasteiger partial charge in [-0.1, -0.05) is 12.1 Å². The smallest absolute Gasteiger partial charge is 0.224 e. The molecule has 0 aliphatic rings. The van der Waals surface area contributed by atoms with E-state index in [-0.39, 0.29) is 18.9 Å². The molecule has 0 heterocycles. The van der Waals surface area contributed by atoms with Crippen LogP contribution in [0.5, 0.6) is 5.75 Å². The Morgan fingerprint density at radius 2 is 1.84 bits per heavy atom. The lowest BCUT2D eigenvalue weighted by atomic mass is 9.92. The summed E-state index contributed by atoms with van der Waals surface area (Å²) in [6.45, 7) is 3.63. The molecule has 1 aromatic carbocycles. The molecule has 0 aromatic heterocycles. The van der Waals surface area contributed by atoms with E-state index in [1.54, 1.807) is 33.1 Å². The summed E-state index contributed by atoms with van der Waals surface area (Å²) in [6, 6.07) is 7.27. The van der Waals surface area contributed by atoms with Crippen molar-refractivity contribution >= 4 is 11.8 Å². The second kappa shape index (κ2) is 6.22. The van der Waals surface area contributed by atoms with Gasteiger partial charge in [0.15, 0.2) is 0 Å². The largest absolute Gasteiger partial charge is 0.497 e. The Hall–Kier alpha value is -2.04. The van der Waals surface area contributed by atoms with Crippen molar-refractivity contribution in [1.82, 2.24) is 5.32 Å². The lowest BCUT2D eigenvalue weighted by Crippen LogP contribution is -2.42. The highest BCUT2D eigenvalue weighted by molar-refractivity contribution is 5.82. The van der Waals surface area contributed by atoms with E-state index in [1.165, 1.54) is 0 Å². The van der Waals surface area contributed by atoms with Gasteiger partial charge in [0.05, 0.1) is 18.9 Å². The summed E-state index contributed by atoms with van der Waals surface area (Å²) in [5.41, 5.74) is 5.38. The molecule has 0 saturated heterocycles. The molecule has 0 aliphatic heterocycles. The van der Waals surface area contributed by atoms with Crippen LogP contribution in [0.1, 0.15) is 19.4 Å². The van der Waals surface area contributed by atoms with Crippen LogP contribution >= 0.6 is 0 Å². The molecule has 0 fully saturated rings. The van der Waals surface area contributed by atoms with E-state index >= 15 is 0 Å². The van der Waals surface area contributed by atoms with Gasteiger partial charge in [0, 0.05) is 6.54 Å². The maximum Gasteiger partial charge on any atom is 0.224 e. The second-order valence-electron chi connectivity index (χ2n) is 5.05. The van der Waals surface area contributed by atoms with E-state index in [0.717, 1.165) is 11.3 Å². The number of methoxy groups -OCH3 is 1. The normalized spacial score (nSPS) is 10.9. The van der Waals surface area contributed by atoms with E-state index in [2.05, 4.69) is 5.32 Å². The van der Waals surface area contributed by atoms with Crippen molar-refractivity contribution in [3.05, 3.63) is 29.8 Å². The number of hydrogen-bond donors (Lipinski definition) is 2. The third kappa shape index (κ3) is 4.62. The zero-order valence-corrected chi connectivity index (χ0v) is 11.5. The molecule has 0 unspecified atom stereocenters. The topological polar surface area (TPSA) is 81.4 Å². The molecule has 19 heavy (non-hydrogen) atoms. The first-order valence-corrected chi connectivity index (χ1v) is 6.04. The predicted molar refractivity (Wildman–Crippen MR) is 72.7 cm³/mol. The van der Waals surface area contributed by atoms with Crippen molar-refractivity contribution in [2.45, 2.75) is 20.3 Å². The fourth-order valence-electron chi connectivity index (χ4n) is 1.40. The van der Waals surface area contributed by atoms with E-state index in [1.807, 2.05) is 12.1 Å². The van der Waals surface area contributed by atoms with Crippen LogP contribution in [0.4, 0.5) is 0 Å². The molecule has 1 aromatic rings. The van der Waals surface area contributed by atoms with Gasteiger partial charge in [-0.05, 0) is 31.5 Å². The summed E-state index contributed by atoms with van der Waals surface area (Å²) in [6.07, 6.45) is 0.263. The number of nitrogens with two attached hydrogens (primary N) is 1. The van der Waals surface area contributed by atoms with Crippen LogP contribution in [0.15, 0.2) is 24.3 Å². The van der Waals surface area contributed by atoms with Gasteiger partial charge in [-0.25, -0.2) is 0 Å². The summed E-state index contributed by atoms with van der Waals surface area (Å²) in [5.74, 6) is 0.177. The monoisotopic (exact) mass is 264 g/mol. The van der Waals surface area contributed by atoms with Gasteiger partial charge >= 0.3 is 0 Å². The molecule has 0 saturated carbocycles. The minimum absolute atomic E-state index is 0.139. The lowest BCUT2D eigenvalue weighted by Gasteiger charge is -2.20. The number of benzene rings is 1. The molecular weight excluding hydrogens is 244 g/mol. The first-order chi connectivity index (χ1) is 8.85. The third-order valence-electron chi connectivity index (χ3n) is 2.92. The van der Waals surface area contributed by atoms with Crippen LogP contribution < -0.4 is 15.8 Å². The Morgan fingerprint density at radius 1 is 1.26 bits per heavy atom. The number of amides is 2. The predicted octanol–water partition coefficient (Wildman–Crippen LogP) is 0.865. The third-order valence-corrected chi connectivity index (χ3v) is 2.92. The molecule has 3 N–H and O–H groups in total.